The minimum atomic E-state index is -0.312. The molecule has 0 spiro atoms. The Labute approximate surface area is 138 Å². The quantitative estimate of drug-likeness (QED) is 0.821. The summed E-state index contributed by atoms with van der Waals surface area (Å²) in [7, 11) is 0. The Hall–Kier alpha value is -1.99. The number of nitrogens with one attached hydrogen (secondary N) is 2. The number of carbonyl (C=O) groups excluding carboxylic acids is 1. The molecule has 0 atom stereocenters. The Kier molecular flexibility index (Phi) is 5.85. The largest absolute Gasteiger partial charge is 0.492 e. The van der Waals surface area contributed by atoms with Crippen LogP contribution in [0.3, 0.4) is 0 Å². The van der Waals surface area contributed by atoms with E-state index in [9.17, 15) is 4.79 Å². The van der Waals surface area contributed by atoms with Crippen LogP contribution in [0, 0.1) is 5.92 Å². The Morgan fingerprint density at radius 2 is 2.18 bits per heavy atom. The number of nitrogens with zero attached hydrogens (tertiary/aromatic N) is 1. The van der Waals surface area contributed by atoms with Gasteiger partial charge in [-0.05, 0) is 30.3 Å². The van der Waals surface area contributed by atoms with Crippen molar-refractivity contribution in [2.75, 3.05) is 11.9 Å². The Morgan fingerprint density at radius 3 is 2.86 bits per heavy atom. The molecule has 0 saturated carbocycles. The summed E-state index contributed by atoms with van der Waals surface area (Å²) in [5, 5.41) is 8.15. The molecule has 2 rings (SSSR count). The van der Waals surface area contributed by atoms with Gasteiger partial charge in [0.2, 0.25) is 0 Å². The number of thiocarbonyl (C=S) groups is 1. The first-order chi connectivity index (χ1) is 10.6. The lowest BCUT2D eigenvalue weighted by molar-refractivity contribution is 0.0973. The van der Waals surface area contributed by atoms with Crippen LogP contribution >= 0.6 is 23.6 Å². The van der Waals surface area contributed by atoms with E-state index in [-0.39, 0.29) is 11.0 Å². The van der Waals surface area contributed by atoms with E-state index < -0.39 is 0 Å². The second kappa shape index (κ2) is 7.86. The van der Waals surface area contributed by atoms with E-state index in [0.717, 1.165) is 0 Å². The van der Waals surface area contributed by atoms with Crippen molar-refractivity contribution < 1.29 is 9.53 Å². The van der Waals surface area contributed by atoms with Crippen LogP contribution in [0.15, 0.2) is 35.8 Å². The van der Waals surface area contributed by atoms with E-state index in [4.69, 9.17) is 17.0 Å². The third kappa shape index (κ3) is 4.78. The lowest BCUT2D eigenvalue weighted by atomic mass is 10.2. The van der Waals surface area contributed by atoms with Gasteiger partial charge in [0.15, 0.2) is 10.2 Å². The van der Waals surface area contributed by atoms with Crippen molar-refractivity contribution >= 4 is 39.7 Å². The molecular weight excluding hydrogens is 318 g/mol. The number of benzene rings is 1. The van der Waals surface area contributed by atoms with Crippen LogP contribution in [0.1, 0.15) is 24.2 Å². The Morgan fingerprint density at radius 1 is 1.41 bits per heavy atom. The van der Waals surface area contributed by atoms with Crippen molar-refractivity contribution in [3.8, 4) is 5.75 Å². The van der Waals surface area contributed by atoms with E-state index in [0.29, 0.717) is 29.0 Å². The average molecular weight is 335 g/mol. The second-order valence-electron chi connectivity index (χ2n) is 4.95. The molecule has 1 heterocycles. The molecule has 1 aromatic heterocycles. The predicted octanol–water partition coefficient (Wildman–Crippen LogP) is 3.30. The number of anilines is 1. The normalized spacial score (nSPS) is 10.3. The number of amides is 1. The minimum Gasteiger partial charge on any atom is -0.492 e. The number of thiazole rings is 1. The third-order valence-corrected chi connectivity index (χ3v) is 3.48. The molecule has 0 saturated heterocycles. The Balaban J connectivity index is 2.01. The average Bonchev–Trinajstić information content (AvgIpc) is 2.98. The highest BCUT2D eigenvalue weighted by atomic mass is 32.1. The van der Waals surface area contributed by atoms with Gasteiger partial charge < -0.3 is 10.1 Å². The first kappa shape index (κ1) is 16.4. The number of hydrogen-bond donors (Lipinski definition) is 2. The highest BCUT2D eigenvalue weighted by Crippen LogP contribution is 2.18. The molecule has 0 aliphatic rings. The lowest BCUT2D eigenvalue weighted by Gasteiger charge is -2.13. The van der Waals surface area contributed by atoms with Gasteiger partial charge in [0.25, 0.3) is 5.91 Å². The number of para-hydroxylation sites is 1. The van der Waals surface area contributed by atoms with Crippen LogP contribution in [0.5, 0.6) is 5.75 Å². The third-order valence-electron chi connectivity index (χ3n) is 2.58. The van der Waals surface area contributed by atoms with Gasteiger partial charge in [-0.25, -0.2) is 4.98 Å². The van der Waals surface area contributed by atoms with Gasteiger partial charge in [-0.1, -0.05) is 26.0 Å². The van der Waals surface area contributed by atoms with Crippen LogP contribution in [0.2, 0.25) is 0 Å². The fourth-order valence-corrected chi connectivity index (χ4v) is 2.41. The summed E-state index contributed by atoms with van der Waals surface area (Å²) >= 11 is 6.51. The zero-order valence-electron chi connectivity index (χ0n) is 12.3. The summed E-state index contributed by atoms with van der Waals surface area (Å²) in [5.74, 6) is 0.614. The smallest absolute Gasteiger partial charge is 0.261 e. The second-order valence-corrected chi connectivity index (χ2v) is 6.25. The van der Waals surface area contributed by atoms with Gasteiger partial charge in [0.1, 0.15) is 5.75 Å². The molecule has 2 aromatic rings. The van der Waals surface area contributed by atoms with Crippen molar-refractivity contribution in [1.82, 2.24) is 10.3 Å². The number of hydrogen-bond acceptors (Lipinski definition) is 5. The summed E-state index contributed by atoms with van der Waals surface area (Å²) < 4.78 is 5.67. The minimum absolute atomic E-state index is 0.207. The van der Waals surface area contributed by atoms with E-state index in [1.54, 1.807) is 24.4 Å². The van der Waals surface area contributed by atoms with E-state index in [1.807, 2.05) is 11.4 Å². The van der Waals surface area contributed by atoms with Gasteiger partial charge >= 0.3 is 0 Å². The first-order valence-corrected chi connectivity index (χ1v) is 8.08. The van der Waals surface area contributed by atoms with Gasteiger partial charge in [0.05, 0.1) is 12.2 Å². The highest BCUT2D eigenvalue weighted by molar-refractivity contribution is 7.80. The fourth-order valence-electron chi connectivity index (χ4n) is 1.62. The van der Waals surface area contributed by atoms with Crippen LogP contribution in [0.25, 0.3) is 0 Å². The summed E-state index contributed by atoms with van der Waals surface area (Å²) in [4.78, 5) is 16.4. The van der Waals surface area contributed by atoms with Crippen LogP contribution in [0.4, 0.5) is 5.13 Å². The maximum Gasteiger partial charge on any atom is 0.261 e. The zero-order valence-corrected chi connectivity index (χ0v) is 14.0. The van der Waals surface area contributed by atoms with Crippen molar-refractivity contribution in [1.29, 1.82) is 0 Å². The molecule has 0 fully saturated rings. The maximum absolute atomic E-state index is 12.3. The van der Waals surface area contributed by atoms with Crippen molar-refractivity contribution in [2.24, 2.45) is 5.92 Å². The lowest BCUT2D eigenvalue weighted by Crippen LogP contribution is -2.34. The van der Waals surface area contributed by atoms with Crippen LogP contribution in [-0.2, 0) is 0 Å². The molecule has 0 bridgehead atoms. The molecule has 1 amide bonds. The van der Waals surface area contributed by atoms with Crippen molar-refractivity contribution in [3.63, 3.8) is 0 Å². The molecular formula is C15H17N3O2S2. The number of rotatable bonds is 5. The van der Waals surface area contributed by atoms with E-state index >= 15 is 0 Å². The van der Waals surface area contributed by atoms with Crippen molar-refractivity contribution in [3.05, 3.63) is 41.4 Å². The zero-order chi connectivity index (χ0) is 15.9. The van der Waals surface area contributed by atoms with Crippen LogP contribution < -0.4 is 15.4 Å². The molecule has 0 unspecified atom stereocenters. The SMILES string of the molecule is CC(C)COc1ccccc1C(=O)NC(=S)Nc1nccs1. The van der Waals surface area contributed by atoms with Crippen LogP contribution in [-0.4, -0.2) is 22.6 Å². The van der Waals surface area contributed by atoms with E-state index in [1.165, 1.54) is 11.3 Å². The summed E-state index contributed by atoms with van der Waals surface area (Å²) in [6.07, 6.45) is 1.66. The topological polar surface area (TPSA) is 63.2 Å². The molecule has 0 aliphatic carbocycles. The molecule has 5 nitrogen and oxygen atoms in total. The molecule has 7 heteroatoms. The van der Waals surface area contributed by atoms with Crippen molar-refractivity contribution in [2.45, 2.75) is 13.8 Å². The summed E-state index contributed by atoms with van der Waals surface area (Å²) in [5.41, 5.74) is 0.450. The summed E-state index contributed by atoms with van der Waals surface area (Å²) in [6, 6.07) is 7.10. The molecule has 2 N–H and O–H groups in total. The fraction of sp³-hybridized carbons (Fsp3) is 0.267. The molecule has 116 valence electrons. The Bertz CT molecular complexity index is 642. The van der Waals surface area contributed by atoms with E-state index in [2.05, 4.69) is 29.5 Å². The standard InChI is InChI=1S/C15H17N3O2S2/c1-10(2)9-20-12-6-4-3-5-11(12)13(19)17-14(21)18-15-16-7-8-22-15/h3-8,10H,9H2,1-2H3,(H2,16,17,18,19,21). The summed E-state index contributed by atoms with van der Waals surface area (Å²) in [6.45, 7) is 4.65. The first-order valence-electron chi connectivity index (χ1n) is 6.80. The van der Waals surface area contributed by atoms with Gasteiger partial charge in [0, 0.05) is 11.6 Å². The number of aromatic nitrogens is 1. The van der Waals surface area contributed by atoms with Gasteiger partial charge in [-0.3, -0.25) is 10.1 Å². The van der Waals surface area contributed by atoms with Gasteiger partial charge in [-0.15, -0.1) is 11.3 Å². The monoisotopic (exact) mass is 335 g/mol. The molecule has 22 heavy (non-hydrogen) atoms. The number of carbonyl (C=O) groups is 1. The maximum atomic E-state index is 12.3. The van der Waals surface area contributed by atoms with Gasteiger partial charge in [-0.2, -0.15) is 0 Å². The molecule has 0 aliphatic heterocycles. The highest BCUT2D eigenvalue weighted by Gasteiger charge is 2.14. The predicted molar refractivity (Wildman–Crippen MR) is 92.6 cm³/mol. The number of ether oxygens (including phenoxy) is 1. The molecule has 1 aromatic carbocycles. The molecule has 0 radical (unpaired) electrons.